The first-order chi connectivity index (χ1) is 8.49. The summed E-state index contributed by atoms with van der Waals surface area (Å²) in [6.07, 6.45) is -0.566. The Morgan fingerprint density at radius 3 is 2.44 bits per heavy atom. The van der Waals surface area contributed by atoms with Crippen molar-refractivity contribution < 1.29 is 14.7 Å². The average molecular weight is 247 g/mol. The van der Waals surface area contributed by atoms with Crippen LogP contribution in [0, 0.1) is 12.8 Å². The van der Waals surface area contributed by atoms with Crippen molar-refractivity contribution in [1.82, 2.24) is 4.90 Å². The number of aliphatic hydroxyl groups is 1. The molecule has 0 aromatic heterocycles. The van der Waals surface area contributed by atoms with Crippen LogP contribution in [-0.2, 0) is 9.59 Å². The molecule has 1 aliphatic heterocycles. The molecule has 1 N–H and O–H groups in total. The van der Waals surface area contributed by atoms with Gasteiger partial charge in [0.15, 0.2) is 0 Å². The van der Waals surface area contributed by atoms with Gasteiger partial charge in [0.05, 0.1) is 12.6 Å². The van der Waals surface area contributed by atoms with Crippen molar-refractivity contribution in [3.05, 3.63) is 35.4 Å². The summed E-state index contributed by atoms with van der Waals surface area (Å²) < 4.78 is 0. The highest BCUT2D eigenvalue weighted by Crippen LogP contribution is 2.22. The van der Waals surface area contributed by atoms with Crippen LogP contribution in [0.5, 0.6) is 0 Å². The van der Waals surface area contributed by atoms with E-state index in [-0.39, 0.29) is 30.7 Å². The molecule has 0 saturated carbocycles. The highest BCUT2D eigenvalue weighted by atomic mass is 16.3. The van der Waals surface area contributed by atoms with E-state index in [4.69, 9.17) is 0 Å². The van der Waals surface area contributed by atoms with Gasteiger partial charge in [0.1, 0.15) is 0 Å². The molecule has 0 spiro atoms. The molecule has 4 nitrogen and oxygen atoms in total. The lowest BCUT2D eigenvalue weighted by atomic mass is 10.1. The predicted molar refractivity (Wildman–Crippen MR) is 66.6 cm³/mol. The molecule has 2 rings (SSSR count). The minimum atomic E-state index is -0.816. The summed E-state index contributed by atoms with van der Waals surface area (Å²) in [6.45, 7) is 3.74. The van der Waals surface area contributed by atoms with Crippen molar-refractivity contribution in [1.29, 1.82) is 0 Å². The molecule has 1 aliphatic rings. The summed E-state index contributed by atoms with van der Waals surface area (Å²) in [7, 11) is 0. The minimum Gasteiger partial charge on any atom is -0.387 e. The molecular formula is C14H17NO3. The van der Waals surface area contributed by atoms with Crippen LogP contribution in [-0.4, -0.2) is 28.4 Å². The Bertz CT molecular complexity index is 466. The summed E-state index contributed by atoms with van der Waals surface area (Å²) in [6, 6.07) is 7.42. The third-order valence-corrected chi connectivity index (χ3v) is 3.29. The molecule has 1 saturated heterocycles. The minimum absolute atomic E-state index is 0.0467. The van der Waals surface area contributed by atoms with Gasteiger partial charge in [-0.3, -0.25) is 14.5 Å². The Kier molecular flexibility index (Phi) is 3.48. The van der Waals surface area contributed by atoms with E-state index in [1.165, 1.54) is 0 Å². The van der Waals surface area contributed by atoms with Gasteiger partial charge in [-0.1, -0.05) is 36.8 Å². The molecule has 2 atom stereocenters. The first-order valence-corrected chi connectivity index (χ1v) is 6.08. The van der Waals surface area contributed by atoms with E-state index in [0.717, 1.165) is 16.0 Å². The van der Waals surface area contributed by atoms with Crippen molar-refractivity contribution in [2.24, 2.45) is 5.92 Å². The van der Waals surface area contributed by atoms with Gasteiger partial charge in [0, 0.05) is 12.3 Å². The molecule has 2 unspecified atom stereocenters. The largest absolute Gasteiger partial charge is 0.387 e. The number of likely N-dealkylation sites (tertiary alicyclic amines) is 1. The molecular weight excluding hydrogens is 230 g/mol. The van der Waals surface area contributed by atoms with Crippen molar-refractivity contribution in [3.8, 4) is 0 Å². The molecule has 1 aromatic rings. The van der Waals surface area contributed by atoms with Crippen molar-refractivity contribution >= 4 is 11.8 Å². The molecule has 1 heterocycles. The summed E-state index contributed by atoms with van der Waals surface area (Å²) in [4.78, 5) is 24.5. The molecule has 2 amide bonds. The number of benzene rings is 1. The smallest absolute Gasteiger partial charge is 0.232 e. The second-order valence-corrected chi connectivity index (χ2v) is 4.87. The monoisotopic (exact) mass is 247 g/mol. The Hall–Kier alpha value is -1.68. The Morgan fingerprint density at radius 1 is 1.33 bits per heavy atom. The number of imide groups is 1. The first kappa shape index (κ1) is 12.8. The van der Waals surface area contributed by atoms with Crippen molar-refractivity contribution in [3.63, 3.8) is 0 Å². The Labute approximate surface area is 106 Å². The van der Waals surface area contributed by atoms with Gasteiger partial charge >= 0.3 is 0 Å². The van der Waals surface area contributed by atoms with Crippen LogP contribution in [0.3, 0.4) is 0 Å². The third kappa shape index (κ3) is 2.43. The molecule has 4 heteroatoms. The number of hydrogen-bond acceptors (Lipinski definition) is 3. The number of nitrogens with zero attached hydrogens (tertiary/aromatic N) is 1. The lowest BCUT2D eigenvalue weighted by molar-refractivity contribution is -0.140. The van der Waals surface area contributed by atoms with Gasteiger partial charge in [0.2, 0.25) is 11.8 Å². The van der Waals surface area contributed by atoms with Crippen LogP contribution >= 0.6 is 0 Å². The van der Waals surface area contributed by atoms with Crippen LogP contribution < -0.4 is 0 Å². The maximum absolute atomic E-state index is 11.7. The molecule has 1 fully saturated rings. The maximum Gasteiger partial charge on any atom is 0.232 e. The van der Waals surface area contributed by atoms with E-state index in [9.17, 15) is 14.7 Å². The highest BCUT2D eigenvalue weighted by molar-refractivity contribution is 6.03. The Morgan fingerprint density at radius 2 is 1.94 bits per heavy atom. The molecule has 18 heavy (non-hydrogen) atoms. The van der Waals surface area contributed by atoms with Crippen LogP contribution in [0.25, 0.3) is 0 Å². The van der Waals surface area contributed by atoms with E-state index in [1.807, 2.05) is 31.2 Å². The highest BCUT2D eigenvalue weighted by Gasteiger charge is 2.36. The summed E-state index contributed by atoms with van der Waals surface area (Å²) in [5.74, 6) is -0.646. The molecule has 1 aromatic carbocycles. The van der Waals surface area contributed by atoms with Crippen molar-refractivity contribution in [2.45, 2.75) is 26.4 Å². The van der Waals surface area contributed by atoms with Gasteiger partial charge in [-0.2, -0.15) is 0 Å². The zero-order chi connectivity index (χ0) is 13.3. The van der Waals surface area contributed by atoms with E-state index < -0.39 is 6.10 Å². The second-order valence-electron chi connectivity index (χ2n) is 4.87. The second kappa shape index (κ2) is 4.90. The fourth-order valence-corrected chi connectivity index (χ4v) is 2.11. The number of amides is 2. The lowest BCUT2D eigenvalue weighted by Gasteiger charge is -2.19. The molecule has 96 valence electrons. The van der Waals surface area contributed by atoms with Crippen LogP contribution in [0.15, 0.2) is 24.3 Å². The maximum atomic E-state index is 11.7. The number of aliphatic hydroxyl groups excluding tert-OH is 1. The quantitative estimate of drug-likeness (QED) is 0.822. The summed E-state index contributed by atoms with van der Waals surface area (Å²) >= 11 is 0. The van der Waals surface area contributed by atoms with Gasteiger partial charge in [-0.25, -0.2) is 0 Å². The fourth-order valence-electron chi connectivity index (χ4n) is 2.11. The molecule has 0 radical (unpaired) electrons. The number of β-amino-alcohol motifs (C(OH)–C–C–N with tert-alkyl or cyclic N) is 1. The standard InChI is InChI=1S/C14H17NO3/c1-9-3-5-11(6-4-9)12(16)8-15-13(17)7-10(2)14(15)18/h3-6,10,12,16H,7-8H2,1-2H3. The van der Waals surface area contributed by atoms with Gasteiger partial charge in [-0.05, 0) is 12.5 Å². The summed E-state index contributed by atoms with van der Waals surface area (Å²) in [5.41, 5.74) is 1.83. The predicted octanol–water partition coefficient (Wildman–Crippen LogP) is 1.42. The number of aryl methyl sites for hydroxylation is 1. The van der Waals surface area contributed by atoms with E-state index in [0.29, 0.717) is 0 Å². The first-order valence-electron chi connectivity index (χ1n) is 6.08. The summed E-state index contributed by atoms with van der Waals surface area (Å²) in [5, 5.41) is 10.0. The van der Waals surface area contributed by atoms with Crippen LogP contribution in [0.2, 0.25) is 0 Å². The van der Waals surface area contributed by atoms with Gasteiger partial charge in [0.25, 0.3) is 0 Å². The van der Waals surface area contributed by atoms with Crippen molar-refractivity contribution in [2.75, 3.05) is 6.54 Å². The fraction of sp³-hybridized carbons (Fsp3) is 0.429. The zero-order valence-electron chi connectivity index (χ0n) is 10.6. The normalized spacial score (nSPS) is 21.5. The van der Waals surface area contributed by atoms with Gasteiger partial charge < -0.3 is 5.11 Å². The number of hydrogen-bond donors (Lipinski definition) is 1. The van der Waals surface area contributed by atoms with E-state index in [2.05, 4.69) is 0 Å². The van der Waals surface area contributed by atoms with E-state index in [1.54, 1.807) is 6.92 Å². The Balaban J connectivity index is 2.07. The number of carbonyl (C=O) groups excluding carboxylic acids is 2. The SMILES string of the molecule is Cc1ccc(C(O)CN2C(=O)CC(C)C2=O)cc1. The number of rotatable bonds is 3. The van der Waals surface area contributed by atoms with Crippen LogP contribution in [0.1, 0.15) is 30.6 Å². The number of carbonyl (C=O) groups is 2. The van der Waals surface area contributed by atoms with Crippen LogP contribution in [0.4, 0.5) is 0 Å². The zero-order valence-corrected chi connectivity index (χ0v) is 10.6. The topological polar surface area (TPSA) is 57.6 Å². The van der Waals surface area contributed by atoms with Gasteiger partial charge in [-0.15, -0.1) is 0 Å². The third-order valence-electron chi connectivity index (χ3n) is 3.29. The molecule has 0 aliphatic carbocycles. The van der Waals surface area contributed by atoms with E-state index >= 15 is 0 Å². The molecule has 0 bridgehead atoms. The lowest BCUT2D eigenvalue weighted by Crippen LogP contribution is -2.34. The average Bonchev–Trinajstić information content (AvgIpc) is 2.57.